The maximum Gasteiger partial charge on any atom is 0.338 e. The van der Waals surface area contributed by atoms with Crippen LogP contribution in [-0.4, -0.2) is 37.3 Å². The molecule has 0 aliphatic carbocycles. The van der Waals surface area contributed by atoms with Gasteiger partial charge in [0.2, 0.25) is 0 Å². The van der Waals surface area contributed by atoms with E-state index in [1.54, 1.807) is 54.6 Å². The van der Waals surface area contributed by atoms with Crippen molar-refractivity contribution in [3.05, 3.63) is 117 Å². The van der Waals surface area contributed by atoms with E-state index < -0.39 is 30.2 Å². The number of esters is 1. The zero-order valence-corrected chi connectivity index (χ0v) is 22.4. The highest BCUT2D eigenvalue weighted by atomic mass is 35.5. The van der Waals surface area contributed by atoms with Gasteiger partial charge in [0.25, 0.3) is 11.8 Å². The van der Waals surface area contributed by atoms with Crippen LogP contribution in [0.1, 0.15) is 41.4 Å². The molecule has 0 atom stereocenters. The van der Waals surface area contributed by atoms with Crippen LogP contribution in [0.4, 0.5) is 5.69 Å². The predicted octanol–water partition coefficient (Wildman–Crippen LogP) is 6.63. The molecule has 4 aromatic rings. The molecule has 2 amide bonds. The van der Waals surface area contributed by atoms with Gasteiger partial charge in [-0.15, -0.1) is 0 Å². The van der Waals surface area contributed by atoms with Crippen molar-refractivity contribution in [1.82, 2.24) is 0 Å². The summed E-state index contributed by atoms with van der Waals surface area (Å²) < 4.78 is 16.0. The molecular weight excluding hydrogens is 557 g/mol. The number of ketones is 1. The molecule has 1 aliphatic rings. The Balaban J connectivity index is 1.29. The lowest BCUT2D eigenvalue weighted by molar-refractivity contribution is 0.0474. The number of benzene rings is 4. The van der Waals surface area contributed by atoms with E-state index >= 15 is 0 Å². The third-order valence-corrected chi connectivity index (χ3v) is 6.63. The van der Waals surface area contributed by atoms with Gasteiger partial charge in [-0.3, -0.25) is 14.4 Å². The van der Waals surface area contributed by atoms with Crippen LogP contribution < -0.4 is 14.4 Å². The molecule has 200 valence electrons. The Morgan fingerprint density at radius 1 is 0.750 bits per heavy atom. The molecule has 1 aliphatic heterocycles. The van der Waals surface area contributed by atoms with Gasteiger partial charge < -0.3 is 14.2 Å². The van der Waals surface area contributed by atoms with Gasteiger partial charge in [-0.2, -0.15) is 0 Å². The molecule has 0 saturated heterocycles. The Morgan fingerprint density at radius 3 is 2.08 bits per heavy atom. The number of halogens is 2. The first-order valence-electron chi connectivity index (χ1n) is 11.9. The van der Waals surface area contributed by atoms with Crippen LogP contribution in [0.5, 0.6) is 17.2 Å². The molecular formula is C30H19Cl2NO7. The average Bonchev–Trinajstić information content (AvgIpc) is 3.22. The number of carbonyl (C=O) groups excluding carboxylic acids is 4. The maximum atomic E-state index is 13.2. The van der Waals surface area contributed by atoms with E-state index in [4.69, 9.17) is 37.4 Å². The van der Waals surface area contributed by atoms with Crippen molar-refractivity contribution >= 4 is 52.5 Å². The second-order valence-corrected chi connectivity index (χ2v) is 9.45. The van der Waals surface area contributed by atoms with Crippen LogP contribution in [0.15, 0.2) is 84.9 Å². The third kappa shape index (κ3) is 5.40. The van der Waals surface area contributed by atoms with E-state index in [0.717, 1.165) is 4.90 Å². The van der Waals surface area contributed by atoms with E-state index in [0.29, 0.717) is 27.8 Å². The van der Waals surface area contributed by atoms with Gasteiger partial charge in [0.15, 0.2) is 12.4 Å². The summed E-state index contributed by atoms with van der Waals surface area (Å²) in [5.74, 6) is -1.01. The number of Topliss-reactive ketones (excluding diaryl/α,β-unsaturated/α-hetero) is 1. The molecule has 0 unspecified atom stereocenters. The highest BCUT2D eigenvalue weighted by Gasteiger charge is 2.37. The van der Waals surface area contributed by atoms with Crippen molar-refractivity contribution in [2.24, 2.45) is 0 Å². The van der Waals surface area contributed by atoms with E-state index in [-0.39, 0.29) is 27.4 Å². The summed E-state index contributed by atoms with van der Waals surface area (Å²) >= 11 is 12.3. The normalized spacial score (nSPS) is 12.2. The number of methoxy groups -OCH3 is 1. The van der Waals surface area contributed by atoms with Gasteiger partial charge in [0.1, 0.15) is 17.2 Å². The highest BCUT2D eigenvalue weighted by molar-refractivity contribution is 6.36. The number of rotatable bonds is 8. The third-order valence-electron chi connectivity index (χ3n) is 6.08. The zero-order valence-electron chi connectivity index (χ0n) is 20.9. The van der Waals surface area contributed by atoms with Crippen LogP contribution in [0.2, 0.25) is 10.0 Å². The number of hydrogen-bond donors (Lipinski definition) is 0. The predicted molar refractivity (Wildman–Crippen MR) is 148 cm³/mol. The lowest BCUT2D eigenvalue weighted by Crippen LogP contribution is -2.29. The quantitative estimate of drug-likeness (QED) is 0.132. The fraction of sp³-hybridized carbons (Fsp3) is 0.0667. The second kappa shape index (κ2) is 11.2. The Morgan fingerprint density at radius 2 is 1.40 bits per heavy atom. The molecule has 1 heterocycles. The lowest BCUT2D eigenvalue weighted by atomic mass is 10.1. The van der Waals surface area contributed by atoms with Gasteiger partial charge in [-0.25, -0.2) is 9.69 Å². The largest absolute Gasteiger partial charge is 0.497 e. The van der Waals surface area contributed by atoms with Crippen molar-refractivity contribution in [1.29, 1.82) is 0 Å². The van der Waals surface area contributed by atoms with Crippen molar-refractivity contribution in [3.63, 3.8) is 0 Å². The van der Waals surface area contributed by atoms with Gasteiger partial charge in [-0.1, -0.05) is 23.2 Å². The zero-order chi connectivity index (χ0) is 28.4. The SMILES string of the molecule is COc1ccc(C(=O)COC(=O)c2ccc3c(c2)C(=O)N(c2ccc(Oc4ccc(Cl)cc4)c(Cl)c2)C3=O)cc1. The highest BCUT2D eigenvalue weighted by Crippen LogP contribution is 2.36. The van der Waals surface area contributed by atoms with Gasteiger partial charge >= 0.3 is 5.97 Å². The number of hydrogen-bond acceptors (Lipinski definition) is 7. The van der Waals surface area contributed by atoms with Crippen LogP contribution in [0, 0.1) is 0 Å². The minimum atomic E-state index is -0.810. The van der Waals surface area contributed by atoms with E-state index in [9.17, 15) is 19.2 Å². The molecule has 0 aromatic heterocycles. The Labute approximate surface area is 238 Å². The summed E-state index contributed by atoms with van der Waals surface area (Å²) in [5.41, 5.74) is 0.747. The van der Waals surface area contributed by atoms with Crippen molar-refractivity contribution in [2.75, 3.05) is 18.6 Å². The Hall–Kier alpha value is -4.66. The smallest absolute Gasteiger partial charge is 0.338 e. The van der Waals surface area contributed by atoms with Gasteiger partial charge in [0, 0.05) is 10.6 Å². The van der Waals surface area contributed by atoms with E-state index in [1.807, 2.05) is 0 Å². The molecule has 10 heteroatoms. The van der Waals surface area contributed by atoms with Crippen LogP contribution in [0.3, 0.4) is 0 Å². The number of carbonyl (C=O) groups is 4. The number of amides is 2. The number of imide groups is 1. The van der Waals surface area contributed by atoms with Gasteiger partial charge in [-0.05, 0) is 84.9 Å². The monoisotopic (exact) mass is 575 g/mol. The maximum absolute atomic E-state index is 13.2. The molecule has 0 bridgehead atoms. The summed E-state index contributed by atoms with van der Waals surface area (Å²) in [5, 5.41) is 0.729. The molecule has 40 heavy (non-hydrogen) atoms. The van der Waals surface area contributed by atoms with E-state index in [2.05, 4.69) is 0 Å². The minimum absolute atomic E-state index is 0.0222. The summed E-state index contributed by atoms with van der Waals surface area (Å²) in [6.07, 6.45) is 0. The topological polar surface area (TPSA) is 99.2 Å². The van der Waals surface area contributed by atoms with Crippen LogP contribution in [-0.2, 0) is 4.74 Å². The molecule has 4 aromatic carbocycles. The fourth-order valence-electron chi connectivity index (χ4n) is 4.02. The Kier molecular flexibility index (Phi) is 7.55. The summed E-state index contributed by atoms with van der Waals surface area (Å²) in [6, 6.07) is 21.6. The molecule has 0 spiro atoms. The summed E-state index contributed by atoms with van der Waals surface area (Å²) in [7, 11) is 1.51. The molecule has 0 radical (unpaired) electrons. The molecule has 8 nitrogen and oxygen atoms in total. The van der Waals surface area contributed by atoms with Gasteiger partial charge in [0.05, 0.1) is 34.5 Å². The first-order chi connectivity index (χ1) is 19.2. The second-order valence-electron chi connectivity index (χ2n) is 8.60. The van der Waals surface area contributed by atoms with Crippen molar-refractivity contribution in [2.45, 2.75) is 0 Å². The number of fused-ring (bicyclic) bond motifs is 1. The van der Waals surface area contributed by atoms with Crippen LogP contribution >= 0.6 is 23.2 Å². The number of anilines is 1. The standard InChI is InChI=1S/C30H19Cl2NO7/c1-38-21-8-2-17(3-9-21)26(34)16-39-30(37)18-4-12-23-24(14-18)29(36)33(28(23)35)20-7-13-27(25(32)15-20)40-22-10-5-19(31)6-11-22/h2-15H,16H2,1H3. The summed E-state index contributed by atoms with van der Waals surface area (Å²) in [4.78, 5) is 52.3. The lowest BCUT2D eigenvalue weighted by Gasteiger charge is -2.16. The van der Waals surface area contributed by atoms with Crippen molar-refractivity contribution in [3.8, 4) is 17.2 Å². The first kappa shape index (κ1) is 26.9. The van der Waals surface area contributed by atoms with E-state index in [1.165, 1.54) is 37.4 Å². The Bertz CT molecular complexity index is 1650. The molecule has 5 rings (SSSR count). The molecule has 0 N–H and O–H groups in total. The van der Waals surface area contributed by atoms with Crippen LogP contribution in [0.25, 0.3) is 0 Å². The molecule has 0 fully saturated rings. The first-order valence-corrected chi connectivity index (χ1v) is 12.6. The van der Waals surface area contributed by atoms with Crippen molar-refractivity contribution < 1.29 is 33.4 Å². The molecule has 0 saturated carbocycles. The minimum Gasteiger partial charge on any atom is -0.497 e. The number of nitrogens with zero attached hydrogens (tertiary/aromatic N) is 1. The number of ether oxygens (including phenoxy) is 3. The average molecular weight is 576 g/mol. The fourth-order valence-corrected chi connectivity index (χ4v) is 4.36. The summed E-state index contributed by atoms with van der Waals surface area (Å²) in [6.45, 7) is -0.496.